The van der Waals surface area contributed by atoms with E-state index in [1.165, 1.54) is 22.5 Å². The van der Waals surface area contributed by atoms with Crippen molar-refractivity contribution in [2.75, 3.05) is 60.3 Å². The van der Waals surface area contributed by atoms with Crippen molar-refractivity contribution in [3.63, 3.8) is 0 Å². The molecule has 240 valence electrons. The summed E-state index contributed by atoms with van der Waals surface area (Å²) in [4.78, 5) is 14.0. The van der Waals surface area contributed by atoms with Crippen molar-refractivity contribution in [2.24, 2.45) is 0 Å². The van der Waals surface area contributed by atoms with Gasteiger partial charge in [0.05, 0.1) is 16.9 Å². The normalized spacial score (nSPS) is 13.6. The van der Waals surface area contributed by atoms with Crippen LogP contribution in [0.5, 0.6) is 0 Å². The van der Waals surface area contributed by atoms with Gasteiger partial charge in [0, 0.05) is 38.4 Å². The van der Waals surface area contributed by atoms with Crippen LogP contribution < -0.4 is 15.5 Å². The van der Waals surface area contributed by atoms with E-state index in [0.717, 1.165) is 12.3 Å². The highest BCUT2D eigenvalue weighted by molar-refractivity contribution is 7.88. The molecular weight excluding hydrogens is 643 g/mol. The third kappa shape index (κ3) is 15.3. The molecule has 0 radical (unpaired) electrons. The van der Waals surface area contributed by atoms with Gasteiger partial charge in [-0.15, -0.1) is 12.6 Å². The predicted octanol–water partition coefficient (Wildman–Crippen LogP) is 0.292. The first kappa shape index (κ1) is 39.0. The molecular formula is C20H35N7O11S4. The molecule has 18 nitrogen and oxygen atoms in total. The van der Waals surface area contributed by atoms with Crippen molar-refractivity contribution in [3.05, 3.63) is 24.3 Å². The average Bonchev–Trinajstić information content (AvgIpc) is 2.89. The lowest BCUT2D eigenvalue weighted by Crippen LogP contribution is -2.49. The lowest BCUT2D eigenvalue weighted by atomic mass is 10.3. The van der Waals surface area contributed by atoms with Crippen LogP contribution >= 0.6 is 0 Å². The molecule has 0 saturated carbocycles. The number of aromatic nitrogens is 3. The summed E-state index contributed by atoms with van der Waals surface area (Å²) in [5.41, 5.74) is 0.234. The van der Waals surface area contributed by atoms with E-state index in [0.29, 0.717) is 0 Å². The molecule has 42 heavy (non-hydrogen) atoms. The van der Waals surface area contributed by atoms with E-state index < -0.39 is 46.6 Å². The highest BCUT2D eigenvalue weighted by Gasteiger charge is 2.25. The number of hydrogen-bond donors (Lipinski definition) is 4. The van der Waals surface area contributed by atoms with Crippen molar-refractivity contribution in [2.45, 2.75) is 32.6 Å². The van der Waals surface area contributed by atoms with Gasteiger partial charge in [-0.3, -0.25) is 9.11 Å². The van der Waals surface area contributed by atoms with Crippen molar-refractivity contribution < 1.29 is 47.0 Å². The van der Waals surface area contributed by atoms with E-state index >= 15 is 0 Å². The Labute approximate surface area is 247 Å². The second-order valence-corrected chi connectivity index (χ2v) is 12.9. The van der Waals surface area contributed by atoms with Gasteiger partial charge in [-0.05, 0) is 18.2 Å². The standard InChI is InChI=1S/C16H23N7O8S3.2C2H6.O3S/c1-32(24,25)23-8-6-22(7-9-23)16-20-14(17-5-10-33(26,27)28)19-15(21-16)18-12-3-2-4-13(11-12)34(29,30)31;2*1-2;1-4(2)3/h2-4,11H,5-10H2,1H3,(H,26,27,28)(H,29,30,31)(H2,17,18,19,20,21);2*1-2H3;. The molecule has 22 heteroatoms. The second kappa shape index (κ2) is 17.8. The lowest BCUT2D eigenvalue weighted by molar-refractivity contribution is 0.385. The van der Waals surface area contributed by atoms with Crippen LogP contribution in [0.15, 0.2) is 29.2 Å². The Morgan fingerprint density at radius 2 is 1.38 bits per heavy atom. The minimum atomic E-state index is -4.44. The topological polar surface area (TPSA) is 263 Å². The number of hydrogen-bond acceptors (Lipinski definition) is 15. The highest BCUT2D eigenvalue weighted by atomic mass is 32.2. The zero-order valence-corrected chi connectivity index (χ0v) is 26.8. The molecule has 0 amide bonds. The fourth-order valence-electron chi connectivity index (χ4n) is 3.02. The molecule has 1 saturated heterocycles. The van der Waals surface area contributed by atoms with E-state index in [9.17, 15) is 29.8 Å². The van der Waals surface area contributed by atoms with Crippen LogP contribution in [-0.4, -0.2) is 111 Å². The molecule has 1 aliphatic rings. The summed E-state index contributed by atoms with van der Waals surface area (Å²) < 4.78 is 113. The Kier molecular flexibility index (Phi) is 16.5. The molecule has 1 aromatic carbocycles. The first-order valence-corrected chi connectivity index (χ1v) is 18.1. The molecule has 1 fully saturated rings. The van der Waals surface area contributed by atoms with Gasteiger partial charge in [0.15, 0.2) is 0 Å². The van der Waals surface area contributed by atoms with E-state index in [1.54, 1.807) is 4.90 Å². The summed E-state index contributed by atoms with van der Waals surface area (Å²) in [5, 5.41) is 5.46. The molecule has 0 atom stereocenters. The minimum absolute atomic E-state index is 0.0302. The summed E-state index contributed by atoms with van der Waals surface area (Å²) in [6.07, 6.45) is 1.12. The lowest BCUT2D eigenvalue weighted by Gasteiger charge is -2.33. The zero-order valence-electron chi connectivity index (χ0n) is 23.5. The summed E-state index contributed by atoms with van der Waals surface area (Å²) in [5.74, 6) is -0.504. The number of rotatable bonds is 9. The summed E-state index contributed by atoms with van der Waals surface area (Å²) in [7, 11) is -15.1. The monoisotopic (exact) mass is 677 g/mol. The maximum absolute atomic E-state index is 11.8. The Hall–Kier alpha value is -3.02. The summed E-state index contributed by atoms with van der Waals surface area (Å²) in [6, 6.07) is 5.26. The van der Waals surface area contributed by atoms with Crippen molar-refractivity contribution in [1.29, 1.82) is 0 Å². The third-order valence-corrected chi connectivity index (χ3v) is 7.52. The minimum Gasteiger partial charge on any atom is -0.353 e. The quantitative estimate of drug-likeness (QED) is 0.260. The number of benzene rings is 1. The molecule has 0 aliphatic carbocycles. The Balaban J connectivity index is 0.00000190. The van der Waals surface area contributed by atoms with Crippen LogP contribution in [0, 0.1) is 0 Å². The van der Waals surface area contributed by atoms with Gasteiger partial charge < -0.3 is 15.5 Å². The smallest absolute Gasteiger partial charge is 0.353 e. The van der Waals surface area contributed by atoms with E-state index in [1.807, 2.05) is 27.7 Å². The van der Waals surface area contributed by atoms with Crippen molar-refractivity contribution in [1.82, 2.24) is 19.3 Å². The molecule has 0 unspecified atom stereocenters. The van der Waals surface area contributed by atoms with E-state index in [2.05, 4.69) is 25.6 Å². The molecule has 2 aromatic rings. The molecule has 2 heterocycles. The van der Waals surface area contributed by atoms with Crippen LogP contribution in [0.2, 0.25) is 0 Å². The van der Waals surface area contributed by atoms with Crippen LogP contribution in [-0.2, 0) is 40.9 Å². The molecule has 1 aliphatic heterocycles. The number of piperazine rings is 1. The van der Waals surface area contributed by atoms with Gasteiger partial charge in [-0.2, -0.15) is 36.1 Å². The number of anilines is 4. The molecule has 0 bridgehead atoms. The Bertz CT molecular complexity index is 1570. The van der Waals surface area contributed by atoms with Crippen LogP contribution in [0.4, 0.5) is 23.5 Å². The largest absolute Gasteiger partial charge is 0.425 e. The maximum Gasteiger partial charge on any atom is 0.425 e. The van der Waals surface area contributed by atoms with Crippen LogP contribution in [0.1, 0.15) is 27.7 Å². The van der Waals surface area contributed by atoms with Gasteiger partial charge in [-0.25, -0.2) is 8.42 Å². The van der Waals surface area contributed by atoms with Crippen LogP contribution in [0.3, 0.4) is 0 Å². The number of sulfonamides is 1. The van der Waals surface area contributed by atoms with E-state index in [-0.39, 0.29) is 61.2 Å². The highest BCUT2D eigenvalue weighted by Crippen LogP contribution is 2.21. The van der Waals surface area contributed by atoms with Gasteiger partial charge in [-0.1, -0.05) is 33.8 Å². The van der Waals surface area contributed by atoms with Gasteiger partial charge in [0.1, 0.15) is 0 Å². The van der Waals surface area contributed by atoms with Gasteiger partial charge in [0.2, 0.25) is 27.9 Å². The Morgan fingerprint density at radius 1 is 0.857 bits per heavy atom. The van der Waals surface area contributed by atoms with Crippen LogP contribution in [0.25, 0.3) is 0 Å². The molecule has 1 aromatic heterocycles. The van der Waals surface area contributed by atoms with Crippen molar-refractivity contribution >= 4 is 64.4 Å². The maximum atomic E-state index is 11.8. The van der Waals surface area contributed by atoms with Crippen molar-refractivity contribution in [3.8, 4) is 0 Å². The first-order valence-electron chi connectivity index (χ1n) is 12.2. The molecule has 3 rings (SSSR count). The molecule has 0 spiro atoms. The van der Waals surface area contributed by atoms with E-state index in [4.69, 9.17) is 17.2 Å². The SMILES string of the molecule is CC.CC.CS(=O)(=O)N1CCN(c2nc(NCCS(=O)(=O)O)nc(Nc3cccc(S(=O)(=O)O)c3)n2)CC1.O=S(=O)=O. The number of nitrogens with one attached hydrogen (secondary N) is 2. The fraction of sp³-hybridized carbons (Fsp3) is 0.550. The first-order chi connectivity index (χ1) is 19.4. The second-order valence-electron chi connectivity index (χ2n) is 7.48. The summed E-state index contributed by atoms with van der Waals surface area (Å²) >= 11 is 0. The number of nitrogens with zero attached hydrogens (tertiary/aromatic N) is 5. The van der Waals surface area contributed by atoms with Gasteiger partial charge in [0.25, 0.3) is 20.2 Å². The molecule has 4 N–H and O–H groups in total. The zero-order chi connectivity index (χ0) is 32.7. The van der Waals surface area contributed by atoms with Gasteiger partial charge >= 0.3 is 10.6 Å². The Morgan fingerprint density at radius 3 is 1.86 bits per heavy atom. The predicted molar refractivity (Wildman–Crippen MR) is 155 cm³/mol. The fourth-order valence-corrected chi connectivity index (χ4v) is 4.73. The third-order valence-electron chi connectivity index (χ3n) is 4.65. The summed E-state index contributed by atoms with van der Waals surface area (Å²) in [6.45, 7) is 8.75. The average molecular weight is 678 g/mol.